The third-order valence-electron chi connectivity index (χ3n) is 6.77. The van der Waals surface area contributed by atoms with Crippen molar-refractivity contribution in [1.29, 1.82) is 0 Å². The van der Waals surface area contributed by atoms with E-state index in [1.807, 2.05) is 13.0 Å². The number of halogens is 1. The normalized spacial score (nSPS) is 18.3. The summed E-state index contributed by atoms with van der Waals surface area (Å²) in [6, 6.07) is 8.86. The molecule has 192 valence electrons. The molecule has 2 N–H and O–H groups in total. The van der Waals surface area contributed by atoms with Gasteiger partial charge >= 0.3 is 0 Å². The molecule has 1 saturated heterocycles. The molecule has 1 aromatic carbocycles. The highest BCUT2D eigenvalue weighted by atomic mass is 32.1. The Balaban J connectivity index is 1.26. The van der Waals surface area contributed by atoms with E-state index >= 15 is 4.39 Å². The summed E-state index contributed by atoms with van der Waals surface area (Å²) in [5.74, 6) is -1.06. The van der Waals surface area contributed by atoms with Crippen molar-refractivity contribution in [3.05, 3.63) is 64.5 Å². The lowest BCUT2D eigenvalue weighted by Crippen LogP contribution is -2.50. The Morgan fingerprint density at radius 3 is 2.62 bits per heavy atom. The Kier molecular flexibility index (Phi) is 7.01. The second-order valence-corrected chi connectivity index (χ2v) is 10.3. The molecule has 2 aliphatic rings. The van der Waals surface area contributed by atoms with Crippen molar-refractivity contribution in [2.45, 2.75) is 51.2 Å². The second kappa shape index (κ2) is 10.4. The number of Topliss-reactive ketones (excluding diaryl/α,β-unsaturated/α-hetero) is 1. The SMILES string of the molecule is C[C@@H](Oc1ccc(C(=O)C2CC2)nc1)c1cc(-c2ccc(C(=O)N3CCCCC3C(N)=O)c(F)c2)ns1. The number of nitrogens with two attached hydrogens (primary N) is 1. The fourth-order valence-corrected chi connectivity index (χ4v) is 5.23. The Hall–Kier alpha value is -3.66. The highest BCUT2D eigenvalue weighted by Crippen LogP contribution is 2.33. The van der Waals surface area contributed by atoms with E-state index in [1.54, 1.807) is 24.4 Å². The van der Waals surface area contributed by atoms with E-state index in [2.05, 4.69) is 9.36 Å². The lowest BCUT2D eigenvalue weighted by molar-refractivity contribution is -0.123. The predicted octanol–water partition coefficient (Wildman–Crippen LogP) is 4.56. The first-order chi connectivity index (χ1) is 17.8. The topological polar surface area (TPSA) is 115 Å². The number of carbonyl (C=O) groups is 3. The van der Waals surface area contributed by atoms with E-state index in [4.69, 9.17) is 10.5 Å². The van der Waals surface area contributed by atoms with E-state index in [0.29, 0.717) is 35.7 Å². The maximum atomic E-state index is 15.0. The molecule has 10 heteroatoms. The molecular formula is C27H27FN4O4S. The minimum Gasteiger partial charge on any atom is -0.484 e. The summed E-state index contributed by atoms with van der Waals surface area (Å²) in [6.07, 6.45) is 5.10. The van der Waals surface area contributed by atoms with Crippen molar-refractivity contribution in [3.8, 4) is 17.0 Å². The molecule has 0 radical (unpaired) electrons. The quantitative estimate of drug-likeness (QED) is 0.434. The summed E-state index contributed by atoms with van der Waals surface area (Å²) < 4.78 is 25.4. The zero-order valence-corrected chi connectivity index (χ0v) is 21.2. The maximum Gasteiger partial charge on any atom is 0.257 e. The Morgan fingerprint density at radius 2 is 1.95 bits per heavy atom. The first-order valence-electron chi connectivity index (χ1n) is 12.4. The van der Waals surface area contributed by atoms with Crippen molar-refractivity contribution in [2.75, 3.05) is 6.54 Å². The number of likely N-dealkylation sites (tertiary alicyclic amines) is 1. The van der Waals surface area contributed by atoms with E-state index in [0.717, 1.165) is 30.6 Å². The van der Waals surface area contributed by atoms with Crippen LogP contribution in [0.4, 0.5) is 4.39 Å². The predicted molar refractivity (Wildman–Crippen MR) is 136 cm³/mol. The largest absolute Gasteiger partial charge is 0.484 e. The van der Waals surface area contributed by atoms with E-state index < -0.39 is 23.7 Å². The van der Waals surface area contributed by atoms with Crippen LogP contribution in [-0.4, -0.2) is 44.4 Å². The molecule has 0 spiro atoms. The van der Waals surface area contributed by atoms with Crippen LogP contribution in [0.25, 0.3) is 11.3 Å². The van der Waals surface area contributed by atoms with Crippen molar-refractivity contribution < 1.29 is 23.5 Å². The van der Waals surface area contributed by atoms with Crippen LogP contribution in [0.2, 0.25) is 0 Å². The Bertz CT molecular complexity index is 1340. The summed E-state index contributed by atoms with van der Waals surface area (Å²) in [5.41, 5.74) is 6.90. The lowest BCUT2D eigenvalue weighted by atomic mass is 9.99. The van der Waals surface area contributed by atoms with Crippen molar-refractivity contribution in [2.24, 2.45) is 11.7 Å². The fourth-order valence-electron chi connectivity index (χ4n) is 4.50. The number of ether oxygens (including phenoxy) is 1. The number of nitrogens with zero attached hydrogens (tertiary/aromatic N) is 3. The van der Waals surface area contributed by atoms with Gasteiger partial charge < -0.3 is 15.4 Å². The number of hydrogen-bond acceptors (Lipinski definition) is 7. The van der Waals surface area contributed by atoms with Gasteiger partial charge in [-0.2, -0.15) is 4.37 Å². The van der Waals surface area contributed by atoms with Crippen LogP contribution in [0.5, 0.6) is 5.75 Å². The van der Waals surface area contributed by atoms with Crippen LogP contribution in [-0.2, 0) is 4.79 Å². The fraction of sp³-hybridized carbons (Fsp3) is 0.370. The number of primary amides is 1. The average Bonchev–Trinajstić information content (AvgIpc) is 3.64. The molecule has 3 heterocycles. The van der Waals surface area contributed by atoms with Gasteiger partial charge in [0.1, 0.15) is 29.4 Å². The number of hydrogen-bond donors (Lipinski definition) is 1. The van der Waals surface area contributed by atoms with Crippen molar-refractivity contribution in [1.82, 2.24) is 14.3 Å². The highest BCUT2D eigenvalue weighted by molar-refractivity contribution is 7.06. The number of pyridine rings is 1. The monoisotopic (exact) mass is 522 g/mol. The van der Waals surface area contributed by atoms with Crippen LogP contribution in [0, 0.1) is 11.7 Å². The number of aromatic nitrogens is 2. The average molecular weight is 523 g/mol. The Morgan fingerprint density at radius 1 is 1.14 bits per heavy atom. The number of benzene rings is 1. The molecule has 1 aliphatic heterocycles. The van der Waals surface area contributed by atoms with Gasteiger partial charge in [-0.1, -0.05) is 6.07 Å². The molecule has 3 aromatic rings. The Labute approximate surface area is 217 Å². The van der Waals surface area contributed by atoms with Crippen molar-refractivity contribution in [3.63, 3.8) is 0 Å². The van der Waals surface area contributed by atoms with Crippen LogP contribution in [0.3, 0.4) is 0 Å². The highest BCUT2D eigenvalue weighted by Gasteiger charge is 2.33. The summed E-state index contributed by atoms with van der Waals surface area (Å²) in [5, 5.41) is 0. The first-order valence-corrected chi connectivity index (χ1v) is 13.1. The van der Waals surface area contributed by atoms with E-state index in [9.17, 15) is 14.4 Å². The molecule has 0 bridgehead atoms. The molecule has 1 aliphatic carbocycles. The number of carbonyl (C=O) groups excluding carboxylic acids is 3. The van der Waals surface area contributed by atoms with Crippen LogP contribution in [0.1, 0.15) is 70.9 Å². The van der Waals surface area contributed by atoms with Gasteiger partial charge in [0.25, 0.3) is 5.91 Å². The standard InChI is InChI=1S/C27H27FN4O4S/c1-15(36-18-8-10-21(30-14-18)25(33)16-5-6-16)24-13-22(31-37-24)17-7-9-19(20(28)12-17)27(35)32-11-3-2-4-23(32)26(29)34/h7-10,12-16,23H,2-6,11H2,1H3,(H2,29,34)/t15-,23?/m1/s1. The van der Waals surface area contributed by atoms with Crippen LogP contribution in [0.15, 0.2) is 42.6 Å². The molecule has 2 amide bonds. The number of piperidine rings is 1. The minimum absolute atomic E-state index is 0.0789. The van der Waals surface area contributed by atoms with Gasteiger partial charge in [0.15, 0.2) is 5.78 Å². The number of rotatable bonds is 8. The second-order valence-electron chi connectivity index (χ2n) is 9.50. The van der Waals surface area contributed by atoms with Gasteiger partial charge in [-0.15, -0.1) is 0 Å². The molecule has 1 unspecified atom stereocenters. The molecule has 1 saturated carbocycles. The van der Waals surface area contributed by atoms with Gasteiger partial charge in [0.05, 0.1) is 22.3 Å². The lowest BCUT2D eigenvalue weighted by Gasteiger charge is -2.33. The van der Waals surface area contributed by atoms with Gasteiger partial charge in [0.2, 0.25) is 5.91 Å². The van der Waals surface area contributed by atoms with E-state index in [1.165, 1.54) is 28.6 Å². The molecule has 2 aromatic heterocycles. The van der Waals surface area contributed by atoms with Crippen molar-refractivity contribution >= 4 is 29.1 Å². The minimum atomic E-state index is -0.715. The summed E-state index contributed by atoms with van der Waals surface area (Å²) in [7, 11) is 0. The molecule has 8 nitrogen and oxygen atoms in total. The van der Waals surface area contributed by atoms with Gasteiger partial charge in [-0.25, -0.2) is 9.37 Å². The van der Waals surface area contributed by atoms with Crippen LogP contribution >= 0.6 is 11.5 Å². The maximum absolute atomic E-state index is 15.0. The number of ketones is 1. The molecular weight excluding hydrogens is 495 g/mol. The summed E-state index contributed by atoms with van der Waals surface area (Å²) in [4.78, 5) is 43.3. The van der Waals surface area contributed by atoms with Gasteiger partial charge in [0, 0.05) is 18.0 Å². The third kappa shape index (κ3) is 5.39. The zero-order valence-electron chi connectivity index (χ0n) is 20.4. The first kappa shape index (κ1) is 25.0. The zero-order chi connectivity index (χ0) is 26.1. The molecule has 2 fully saturated rings. The third-order valence-corrected chi connectivity index (χ3v) is 7.71. The van der Waals surface area contributed by atoms with Gasteiger partial charge in [-0.3, -0.25) is 14.4 Å². The van der Waals surface area contributed by atoms with Gasteiger partial charge in [-0.05, 0) is 80.9 Å². The summed E-state index contributed by atoms with van der Waals surface area (Å²) >= 11 is 1.24. The van der Waals surface area contributed by atoms with Crippen LogP contribution < -0.4 is 10.5 Å². The molecule has 5 rings (SSSR count). The molecule has 2 atom stereocenters. The smallest absolute Gasteiger partial charge is 0.257 e. The summed E-state index contributed by atoms with van der Waals surface area (Å²) in [6.45, 7) is 2.24. The molecule has 37 heavy (non-hydrogen) atoms. The number of amides is 2. The van der Waals surface area contributed by atoms with E-state index in [-0.39, 0.29) is 23.4 Å².